The summed E-state index contributed by atoms with van der Waals surface area (Å²) >= 11 is 0. The van der Waals surface area contributed by atoms with Crippen LogP contribution < -0.4 is 0 Å². The fraction of sp³-hybridized carbons (Fsp3) is 0. The van der Waals surface area contributed by atoms with Crippen molar-refractivity contribution in [3.63, 3.8) is 0 Å². The summed E-state index contributed by atoms with van der Waals surface area (Å²) in [5, 5.41) is 9.26. The average molecular weight is 200 g/mol. The van der Waals surface area contributed by atoms with E-state index in [-0.39, 0.29) is 5.75 Å². The third-order valence-corrected chi connectivity index (χ3v) is 1.93. The molecule has 2 aromatic rings. The average Bonchev–Trinajstić information content (AvgIpc) is 2.29. The Bertz CT molecular complexity index is 497. The molecule has 0 saturated heterocycles. The SMILES string of the molecule is O=Cc1ccnc(-c2cc(O)ccn2)c1. The monoisotopic (exact) mass is 200 g/mol. The van der Waals surface area contributed by atoms with Gasteiger partial charge in [-0.15, -0.1) is 0 Å². The molecule has 0 unspecified atom stereocenters. The second-order valence-corrected chi connectivity index (χ2v) is 2.99. The lowest BCUT2D eigenvalue weighted by Gasteiger charge is -2.00. The highest BCUT2D eigenvalue weighted by Crippen LogP contribution is 2.18. The highest BCUT2D eigenvalue weighted by Gasteiger charge is 2.02. The van der Waals surface area contributed by atoms with Crippen molar-refractivity contribution in [2.45, 2.75) is 0 Å². The van der Waals surface area contributed by atoms with Gasteiger partial charge in [0.1, 0.15) is 12.0 Å². The summed E-state index contributed by atoms with van der Waals surface area (Å²) in [6.07, 6.45) is 3.76. The molecule has 4 heteroatoms. The highest BCUT2D eigenvalue weighted by molar-refractivity contribution is 5.77. The van der Waals surface area contributed by atoms with Gasteiger partial charge in [0.05, 0.1) is 11.4 Å². The molecule has 15 heavy (non-hydrogen) atoms. The van der Waals surface area contributed by atoms with Gasteiger partial charge < -0.3 is 5.11 Å². The molecule has 2 heterocycles. The zero-order chi connectivity index (χ0) is 10.7. The first kappa shape index (κ1) is 9.33. The lowest BCUT2D eigenvalue weighted by atomic mass is 10.2. The van der Waals surface area contributed by atoms with Crippen molar-refractivity contribution >= 4 is 6.29 Å². The summed E-state index contributed by atoms with van der Waals surface area (Å²) in [6, 6.07) is 6.21. The van der Waals surface area contributed by atoms with Gasteiger partial charge in [-0.05, 0) is 18.2 Å². The second-order valence-electron chi connectivity index (χ2n) is 2.99. The number of aldehydes is 1. The van der Waals surface area contributed by atoms with Crippen LogP contribution in [0.15, 0.2) is 36.7 Å². The molecule has 0 fully saturated rings. The van der Waals surface area contributed by atoms with Crippen LogP contribution in [0.3, 0.4) is 0 Å². The first-order valence-corrected chi connectivity index (χ1v) is 4.36. The van der Waals surface area contributed by atoms with Crippen molar-refractivity contribution in [1.82, 2.24) is 9.97 Å². The molecule has 2 rings (SSSR count). The number of hydrogen-bond donors (Lipinski definition) is 1. The van der Waals surface area contributed by atoms with Gasteiger partial charge in [0.2, 0.25) is 0 Å². The fourth-order valence-corrected chi connectivity index (χ4v) is 1.22. The van der Waals surface area contributed by atoms with Gasteiger partial charge in [0.25, 0.3) is 0 Å². The van der Waals surface area contributed by atoms with Crippen molar-refractivity contribution in [2.24, 2.45) is 0 Å². The molecule has 0 aliphatic heterocycles. The Hall–Kier alpha value is -2.23. The summed E-state index contributed by atoms with van der Waals surface area (Å²) in [7, 11) is 0. The fourth-order valence-electron chi connectivity index (χ4n) is 1.22. The minimum Gasteiger partial charge on any atom is -0.508 e. The van der Waals surface area contributed by atoms with Crippen LogP contribution in [-0.2, 0) is 0 Å². The van der Waals surface area contributed by atoms with Crippen LogP contribution in [0.2, 0.25) is 0 Å². The first-order valence-electron chi connectivity index (χ1n) is 4.36. The van der Waals surface area contributed by atoms with Crippen LogP contribution in [0.4, 0.5) is 0 Å². The first-order chi connectivity index (χ1) is 7.29. The van der Waals surface area contributed by atoms with Crippen LogP contribution in [0.25, 0.3) is 11.4 Å². The quantitative estimate of drug-likeness (QED) is 0.749. The molecule has 0 atom stereocenters. The minimum atomic E-state index is 0.123. The Morgan fingerprint density at radius 3 is 2.40 bits per heavy atom. The van der Waals surface area contributed by atoms with Gasteiger partial charge in [-0.1, -0.05) is 0 Å². The number of rotatable bonds is 2. The molecule has 74 valence electrons. The third kappa shape index (κ3) is 1.99. The van der Waals surface area contributed by atoms with E-state index in [4.69, 9.17) is 0 Å². The van der Waals surface area contributed by atoms with Gasteiger partial charge in [-0.2, -0.15) is 0 Å². The van der Waals surface area contributed by atoms with Crippen molar-refractivity contribution in [3.8, 4) is 17.1 Å². The zero-order valence-electron chi connectivity index (χ0n) is 7.79. The molecule has 0 amide bonds. The number of pyridine rings is 2. The van der Waals surface area contributed by atoms with Gasteiger partial charge in [0, 0.05) is 24.0 Å². The molecule has 2 aromatic heterocycles. The number of carbonyl (C=O) groups is 1. The Morgan fingerprint density at radius 2 is 1.73 bits per heavy atom. The number of hydrogen-bond acceptors (Lipinski definition) is 4. The van der Waals surface area contributed by atoms with E-state index < -0.39 is 0 Å². The molecule has 1 N–H and O–H groups in total. The van der Waals surface area contributed by atoms with E-state index in [1.54, 1.807) is 12.1 Å². The topological polar surface area (TPSA) is 63.1 Å². The largest absolute Gasteiger partial charge is 0.508 e. The summed E-state index contributed by atoms with van der Waals surface area (Å²) in [6.45, 7) is 0. The Morgan fingerprint density at radius 1 is 1.07 bits per heavy atom. The maximum Gasteiger partial charge on any atom is 0.150 e. The van der Waals surface area contributed by atoms with E-state index in [1.807, 2.05) is 0 Å². The van der Waals surface area contributed by atoms with E-state index in [0.717, 1.165) is 6.29 Å². The molecule has 0 aliphatic rings. The van der Waals surface area contributed by atoms with Crippen molar-refractivity contribution in [3.05, 3.63) is 42.2 Å². The predicted octanol–water partition coefficient (Wildman–Crippen LogP) is 1.66. The molecule has 0 spiro atoms. The number of nitrogens with zero attached hydrogens (tertiary/aromatic N) is 2. The van der Waals surface area contributed by atoms with Crippen molar-refractivity contribution in [2.75, 3.05) is 0 Å². The van der Waals surface area contributed by atoms with Gasteiger partial charge in [-0.25, -0.2) is 0 Å². The predicted molar refractivity (Wildman–Crippen MR) is 54.5 cm³/mol. The molecular weight excluding hydrogens is 192 g/mol. The van der Waals surface area contributed by atoms with Crippen LogP contribution in [0.5, 0.6) is 5.75 Å². The maximum atomic E-state index is 10.6. The van der Waals surface area contributed by atoms with Crippen LogP contribution >= 0.6 is 0 Å². The van der Waals surface area contributed by atoms with Crippen molar-refractivity contribution in [1.29, 1.82) is 0 Å². The number of aromatic hydroxyl groups is 1. The third-order valence-electron chi connectivity index (χ3n) is 1.93. The molecule has 0 aliphatic carbocycles. The van der Waals surface area contributed by atoms with E-state index in [2.05, 4.69) is 9.97 Å². The molecule has 0 saturated carbocycles. The van der Waals surface area contributed by atoms with E-state index in [9.17, 15) is 9.90 Å². The summed E-state index contributed by atoms with van der Waals surface area (Å²) in [5.41, 5.74) is 1.64. The van der Waals surface area contributed by atoms with Gasteiger partial charge >= 0.3 is 0 Å². The van der Waals surface area contributed by atoms with Crippen LogP contribution in [0, 0.1) is 0 Å². The Labute approximate surface area is 86.2 Å². The lowest BCUT2D eigenvalue weighted by molar-refractivity contribution is 0.112. The van der Waals surface area contributed by atoms with Crippen LogP contribution in [0.1, 0.15) is 10.4 Å². The second kappa shape index (κ2) is 3.88. The smallest absolute Gasteiger partial charge is 0.150 e. The lowest BCUT2D eigenvalue weighted by Crippen LogP contribution is -1.88. The molecule has 0 aromatic carbocycles. The van der Waals surface area contributed by atoms with E-state index in [1.165, 1.54) is 24.5 Å². The summed E-state index contributed by atoms with van der Waals surface area (Å²) in [5.74, 6) is 0.123. The van der Waals surface area contributed by atoms with E-state index in [0.29, 0.717) is 17.0 Å². The number of aromatic nitrogens is 2. The Kier molecular flexibility index (Phi) is 2.41. The maximum absolute atomic E-state index is 10.6. The van der Waals surface area contributed by atoms with E-state index >= 15 is 0 Å². The molecule has 0 radical (unpaired) electrons. The molecular formula is C11H8N2O2. The zero-order valence-corrected chi connectivity index (χ0v) is 7.79. The highest BCUT2D eigenvalue weighted by atomic mass is 16.3. The molecule has 4 nitrogen and oxygen atoms in total. The van der Waals surface area contributed by atoms with Crippen LogP contribution in [-0.4, -0.2) is 21.4 Å². The standard InChI is InChI=1S/C11H8N2O2/c14-7-8-1-3-12-10(5-8)11-6-9(15)2-4-13-11/h1-7H,(H,13,15). The number of carbonyl (C=O) groups excluding carboxylic acids is 1. The Balaban J connectivity index is 2.49. The summed E-state index contributed by atoms with van der Waals surface area (Å²) < 4.78 is 0. The summed E-state index contributed by atoms with van der Waals surface area (Å²) in [4.78, 5) is 18.7. The molecule has 0 bridgehead atoms. The normalized spacial score (nSPS) is 9.87. The van der Waals surface area contributed by atoms with Crippen molar-refractivity contribution < 1.29 is 9.90 Å². The van der Waals surface area contributed by atoms with Gasteiger partial charge in [0.15, 0.2) is 0 Å². The van der Waals surface area contributed by atoms with Gasteiger partial charge in [-0.3, -0.25) is 14.8 Å². The minimum absolute atomic E-state index is 0.123.